The van der Waals surface area contributed by atoms with Crippen LogP contribution in [0.3, 0.4) is 0 Å². The van der Waals surface area contributed by atoms with Gasteiger partial charge in [0.2, 0.25) is 0 Å². The van der Waals surface area contributed by atoms with Crippen LogP contribution in [0.4, 0.5) is 0 Å². The molecule has 1 aromatic rings. The molecule has 0 spiro atoms. The quantitative estimate of drug-likeness (QED) is 0.487. The molecule has 0 amide bonds. The molecule has 1 rings (SSSR count). The van der Waals surface area contributed by atoms with Crippen molar-refractivity contribution in [1.82, 2.24) is 9.55 Å². The number of imidazole rings is 1. The fraction of sp³-hybridized carbons (Fsp3) is 0.750. The highest BCUT2D eigenvalue weighted by Crippen LogP contribution is 2.28. The maximum atomic E-state index is 5.74. The molecular weight excluding hydrogens is 392 g/mol. The van der Waals surface area contributed by atoms with E-state index in [1.54, 1.807) is 0 Å². The topological polar surface area (TPSA) is 36.3 Å². The van der Waals surface area contributed by atoms with Crippen LogP contribution in [-0.4, -0.2) is 30.3 Å². The molecule has 0 radical (unpaired) electrons. The Morgan fingerprint density at radius 1 is 1.26 bits per heavy atom. The van der Waals surface area contributed by atoms with Crippen LogP contribution in [0.5, 0.6) is 6.01 Å². The molecule has 0 atom stereocenters. The molecule has 0 unspecified atom stereocenters. The molecule has 0 saturated carbocycles. The first-order valence-electron chi connectivity index (χ1n) is 6.36. The van der Waals surface area contributed by atoms with E-state index in [0.29, 0.717) is 12.7 Å². The second kappa shape index (κ2) is 7.24. The van der Waals surface area contributed by atoms with E-state index in [4.69, 9.17) is 9.47 Å². The summed E-state index contributed by atoms with van der Waals surface area (Å²) in [5, 5.41) is 0. The van der Waals surface area contributed by atoms with Crippen LogP contribution in [0.25, 0.3) is 0 Å². The predicted octanol–water partition coefficient (Wildman–Crippen LogP) is 4.51. The van der Waals surface area contributed by atoms with Gasteiger partial charge in [-0.05, 0) is 51.8 Å². The third-order valence-corrected chi connectivity index (χ3v) is 5.98. The summed E-state index contributed by atoms with van der Waals surface area (Å²) < 4.78 is 14.9. The molecule has 1 heterocycles. The summed E-state index contributed by atoms with van der Waals surface area (Å²) in [6.45, 7) is 12.2. The minimum Gasteiger partial charge on any atom is -0.462 e. The van der Waals surface area contributed by atoms with Gasteiger partial charge < -0.3 is 9.47 Å². The van der Waals surface area contributed by atoms with E-state index in [-0.39, 0.29) is 6.10 Å². The van der Waals surface area contributed by atoms with Crippen molar-refractivity contribution in [3.8, 4) is 6.01 Å². The predicted molar refractivity (Wildman–Crippen MR) is 87.5 cm³/mol. The normalized spacial score (nSPS) is 12.2. The fourth-order valence-electron chi connectivity index (χ4n) is 1.33. The SMILES string of the molecule is CC(C)Oc1nc(Br)c(Br)n1COCC[Si](C)(C)C. The van der Waals surface area contributed by atoms with E-state index in [1.165, 1.54) is 0 Å². The highest BCUT2D eigenvalue weighted by Gasteiger charge is 2.17. The molecule has 0 fully saturated rings. The van der Waals surface area contributed by atoms with Crippen molar-refractivity contribution in [2.24, 2.45) is 0 Å². The minimum atomic E-state index is -1.05. The van der Waals surface area contributed by atoms with Gasteiger partial charge in [0.15, 0.2) is 0 Å². The Balaban J connectivity index is 2.61. The van der Waals surface area contributed by atoms with Gasteiger partial charge in [0, 0.05) is 14.7 Å². The summed E-state index contributed by atoms with van der Waals surface area (Å²) in [6, 6.07) is 1.72. The van der Waals surface area contributed by atoms with Gasteiger partial charge in [-0.15, -0.1) is 0 Å². The van der Waals surface area contributed by atoms with E-state index in [1.807, 2.05) is 18.4 Å². The molecule has 0 N–H and O–H groups in total. The van der Waals surface area contributed by atoms with Crippen LogP contribution in [0.15, 0.2) is 9.21 Å². The Morgan fingerprint density at radius 2 is 1.89 bits per heavy atom. The van der Waals surface area contributed by atoms with Crippen molar-refractivity contribution in [3.05, 3.63) is 9.21 Å². The van der Waals surface area contributed by atoms with E-state index in [9.17, 15) is 0 Å². The second-order valence-corrected chi connectivity index (χ2v) is 13.0. The van der Waals surface area contributed by atoms with Gasteiger partial charge in [0.1, 0.15) is 15.9 Å². The smallest absolute Gasteiger partial charge is 0.300 e. The van der Waals surface area contributed by atoms with E-state index < -0.39 is 8.07 Å². The Hall–Kier alpha value is 0.147. The van der Waals surface area contributed by atoms with Gasteiger partial charge in [-0.1, -0.05) is 19.6 Å². The van der Waals surface area contributed by atoms with Crippen LogP contribution in [0, 0.1) is 0 Å². The summed E-state index contributed by atoms with van der Waals surface area (Å²) in [5.41, 5.74) is 0. The summed E-state index contributed by atoms with van der Waals surface area (Å²) in [4.78, 5) is 4.32. The molecule has 0 saturated heterocycles. The van der Waals surface area contributed by atoms with Crippen molar-refractivity contribution < 1.29 is 9.47 Å². The summed E-state index contributed by atoms with van der Waals surface area (Å²) in [7, 11) is -1.05. The van der Waals surface area contributed by atoms with Crippen LogP contribution >= 0.6 is 31.9 Å². The van der Waals surface area contributed by atoms with Gasteiger partial charge in [0.25, 0.3) is 0 Å². The number of hydrogen-bond acceptors (Lipinski definition) is 3. The Kier molecular flexibility index (Phi) is 6.55. The number of ether oxygens (including phenoxy) is 2. The van der Waals surface area contributed by atoms with Gasteiger partial charge in [0.05, 0.1) is 6.10 Å². The zero-order valence-corrected chi connectivity index (χ0v) is 16.3. The lowest BCUT2D eigenvalue weighted by molar-refractivity contribution is 0.0737. The Labute approximate surface area is 133 Å². The first kappa shape index (κ1) is 17.2. The molecule has 4 nitrogen and oxygen atoms in total. The third-order valence-electron chi connectivity index (χ3n) is 2.39. The van der Waals surface area contributed by atoms with E-state index >= 15 is 0 Å². The Bertz CT molecular complexity index is 417. The van der Waals surface area contributed by atoms with Crippen LogP contribution < -0.4 is 4.74 Å². The largest absolute Gasteiger partial charge is 0.462 e. The van der Waals surface area contributed by atoms with Crippen molar-refractivity contribution >= 4 is 39.9 Å². The molecule has 1 aromatic heterocycles. The molecule has 0 bridgehead atoms. The maximum absolute atomic E-state index is 5.74. The molecule has 110 valence electrons. The summed E-state index contributed by atoms with van der Waals surface area (Å²) in [5.74, 6) is 0. The van der Waals surface area contributed by atoms with E-state index in [2.05, 4.69) is 56.5 Å². The van der Waals surface area contributed by atoms with Crippen molar-refractivity contribution in [3.63, 3.8) is 0 Å². The third kappa shape index (κ3) is 5.97. The average Bonchev–Trinajstić information content (AvgIpc) is 2.49. The van der Waals surface area contributed by atoms with Gasteiger partial charge in [-0.3, -0.25) is 4.57 Å². The van der Waals surface area contributed by atoms with Crippen LogP contribution in [0.2, 0.25) is 25.7 Å². The maximum Gasteiger partial charge on any atom is 0.300 e. The number of nitrogens with zero attached hydrogens (tertiary/aromatic N) is 2. The average molecular weight is 414 g/mol. The zero-order chi connectivity index (χ0) is 14.6. The molecule has 0 aliphatic heterocycles. The lowest BCUT2D eigenvalue weighted by Crippen LogP contribution is -2.22. The lowest BCUT2D eigenvalue weighted by Gasteiger charge is -2.16. The number of rotatable bonds is 7. The summed E-state index contributed by atoms with van der Waals surface area (Å²) >= 11 is 6.87. The molecular formula is C12H22Br2N2O2Si. The first-order valence-corrected chi connectivity index (χ1v) is 11.7. The van der Waals surface area contributed by atoms with Gasteiger partial charge in [-0.2, -0.15) is 4.98 Å². The highest BCUT2D eigenvalue weighted by molar-refractivity contribution is 9.13. The van der Waals surface area contributed by atoms with Crippen LogP contribution in [-0.2, 0) is 11.5 Å². The molecule has 0 aliphatic carbocycles. The number of hydrogen-bond donors (Lipinski definition) is 0. The van der Waals surface area contributed by atoms with Gasteiger partial charge >= 0.3 is 6.01 Å². The molecule has 0 aliphatic rings. The molecule has 19 heavy (non-hydrogen) atoms. The van der Waals surface area contributed by atoms with Crippen molar-refractivity contribution in [2.75, 3.05) is 6.61 Å². The zero-order valence-electron chi connectivity index (χ0n) is 12.2. The van der Waals surface area contributed by atoms with E-state index in [0.717, 1.165) is 21.9 Å². The molecule has 7 heteroatoms. The number of aromatic nitrogens is 2. The first-order chi connectivity index (χ1) is 8.70. The van der Waals surface area contributed by atoms with Crippen molar-refractivity contribution in [2.45, 2.75) is 52.4 Å². The monoisotopic (exact) mass is 412 g/mol. The van der Waals surface area contributed by atoms with Gasteiger partial charge in [-0.25, -0.2) is 0 Å². The fourth-order valence-corrected chi connectivity index (χ4v) is 2.80. The standard InChI is InChI=1S/C12H22Br2N2O2Si/c1-9(2)18-12-15-10(13)11(14)16(12)8-17-6-7-19(3,4)5/h9H,6-8H2,1-5H3. The molecule has 0 aromatic carbocycles. The lowest BCUT2D eigenvalue weighted by atomic mass is 10.5. The number of halogens is 2. The second-order valence-electron chi connectivity index (χ2n) is 5.92. The summed E-state index contributed by atoms with van der Waals surface area (Å²) in [6.07, 6.45) is 0.0851. The minimum absolute atomic E-state index is 0.0851. The Morgan fingerprint density at radius 3 is 2.42 bits per heavy atom. The highest BCUT2D eigenvalue weighted by atomic mass is 79.9. The van der Waals surface area contributed by atoms with Crippen LogP contribution in [0.1, 0.15) is 13.8 Å². The van der Waals surface area contributed by atoms with Crippen molar-refractivity contribution in [1.29, 1.82) is 0 Å².